The predicted molar refractivity (Wildman–Crippen MR) is 74.4 cm³/mol. The number of nitrogens with one attached hydrogen (secondary N) is 1. The van der Waals surface area contributed by atoms with Crippen LogP contribution in [-0.4, -0.2) is 36.0 Å². The number of carbonyl (C=O) groups is 1. The lowest BCUT2D eigenvalue weighted by Crippen LogP contribution is -2.56. The van der Waals surface area contributed by atoms with Crippen LogP contribution in [0.15, 0.2) is 18.2 Å². The van der Waals surface area contributed by atoms with Crippen molar-refractivity contribution in [3.05, 3.63) is 33.8 Å². The first-order valence-electron chi connectivity index (χ1n) is 5.98. The van der Waals surface area contributed by atoms with E-state index in [-0.39, 0.29) is 11.9 Å². The lowest BCUT2D eigenvalue weighted by molar-refractivity contribution is 0.0616. The van der Waals surface area contributed by atoms with E-state index in [1.807, 2.05) is 11.8 Å². The summed E-state index contributed by atoms with van der Waals surface area (Å²) in [5, 5.41) is 4.29. The lowest BCUT2D eigenvalue weighted by atomic mass is 10.1. The molecular weight excluding hydrogens is 271 g/mol. The summed E-state index contributed by atoms with van der Waals surface area (Å²) in [7, 11) is 0. The van der Waals surface area contributed by atoms with Crippen molar-refractivity contribution in [3.8, 4) is 0 Å². The Kier molecular flexibility index (Phi) is 4.15. The van der Waals surface area contributed by atoms with E-state index >= 15 is 0 Å². The third-order valence-corrected chi connectivity index (χ3v) is 3.73. The molecule has 18 heavy (non-hydrogen) atoms. The van der Waals surface area contributed by atoms with Crippen LogP contribution in [0.1, 0.15) is 24.2 Å². The van der Waals surface area contributed by atoms with Gasteiger partial charge in [0.05, 0.1) is 10.6 Å². The molecule has 98 valence electrons. The van der Waals surface area contributed by atoms with Crippen LogP contribution in [0, 0.1) is 0 Å². The average Bonchev–Trinajstić information content (AvgIpc) is 2.31. The molecule has 1 aromatic rings. The first-order valence-corrected chi connectivity index (χ1v) is 6.74. The average molecular weight is 287 g/mol. The summed E-state index contributed by atoms with van der Waals surface area (Å²) < 4.78 is 0. The minimum atomic E-state index is -0.0301. The standard InChI is InChI=1S/C13H16Cl2N2O/c1-8-7-17(9(2)6-16-8)13(18)11-4-3-10(14)5-12(11)15/h3-5,8-9,16H,6-7H2,1-2H3. The monoisotopic (exact) mass is 286 g/mol. The van der Waals surface area contributed by atoms with Gasteiger partial charge in [0.1, 0.15) is 0 Å². The summed E-state index contributed by atoms with van der Waals surface area (Å²) in [6, 6.07) is 5.45. The molecule has 0 saturated carbocycles. The fourth-order valence-corrected chi connectivity index (χ4v) is 2.61. The first kappa shape index (κ1) is 13.7. The number of halogens is 2. The summed E-state index contributed by atoms with van der Waals surface area (Å²) in [5.74, 6) is -0.0301. The van der Waals surface area contributed by atoms with Gasteiger partial charge in [-0.1, -0.05) is 23.2 Å². The Balaban J connectivity index is 2.24. The molecule has 1 aliphatic rings. The SMILES string of the molecule is CC1CN(C(=O)c2ccc(Cl)cc2Cl)C(C)CN1. The van der Waals surface area contributed by atoms with Crippen LogP contribution in [0.5, 0.6) is 0 Å². The molecule has 1 N–H and O–H groups in total. The third kappa shape index (κ3) is 2.79. The summed E-state index contributed by atoms with van der Waals surface area (Å²) in [6.45, 7) is 5.59. The molecule has 3 nitrogen and oxygen atoms in total. The molecule has 1 amide bonds. The number of hydrogen-bond acceptors (Lipinski definition) is 2. The Morgan fingerprint density at radius 1 is 1.39 bits per heavy atom. The summed E-state index contributed by atoms with van der Waals surface area (Å²) in [5.41, 5.74) is 0.516. The Labute approximate surface area is 117 Å². The smallest absolute Gasteiger partial charge is 0.255 e. The third-order valence-electron chi connectivity index (χ3n) is 3.19. The highest BCUT2D eigenvalue weighted by Crippen LogP contribution is 2.23. The largest absolute Gasteiger partial charge is 0.333 e. The Hall–Kier alpha value is -0.770. The van der Waals surface area contributed by atoms with Crippen molar-refractivity contribution < 1.29 is 4.79 Å². The molecule has 0 spiro atoms. The van der Waals surface area contributed by atoms with Gasteiger partial charge in [-0.05, 0) is 32.0 Å². The number of benzene rings is 1. The van der Waals surface area contributed by atoms with Gasteiger partial charge in [0, 0.05) is 30.2 Å². The zero-order chi connectivity index (χ0) is 13.3. The summed E-state index contributed by atoms with van der Waals surface area (Å²) in [4.78, 5) is 14.3. The summed E-state index contributed by atoms with van der Waals surface area (Å²) >= 11 is 11.9. The van der Waals surface area contributed by atoms with Crippen LogP contribution in [0.3, 0.4) is 0 Å². The van der Waals surface area contributed by atoms with Gasteiger partial charge in [0.2, 0.25) is 0 Å². The molecule has 1 fully saturated rings. The Bertz CT molecular complexity index is 464. The van der Waals surface area contributed by atoms with Crippen molar-refractivity contribution in [1.29, 1.82) is 0 Å². The predicted octanol–water partition coefficient (Wildman–Crippen LogP) is 2.82. The molecule has 1 saturated heterocycles. The Morgan fingerprint density at radius 2 is 2.11 bits per heavy atom. The van der Waals surface area contributed by atoms with Gasteiger partial charge < -0.3 is 10.2 Å². The second kappa shape index (κ2) is 5.47. The molecule has 2 rings (SSSR count). The number of piperazine rings is 1. The number of rotatable bonds is 1. The van der Waals surface area contributed by atoms with Crippen molar-refractivity contribution in [2.24, 2.45) is 0 Å². The highest BCUT2D eigenvalue weighted by molar-refractivity contribution is 6.36. The van der Waals surface area contributed by atoms with Gasteiger partial charge in [-0.25, -0.2) is 0 Å². The topological polar surface area (TPSA) is 32.3 Å². The minimum absolute atomic E-state index is 0.0301. The molecule has 2 unspecified atom stereocenters. The van der Waals surface area contributed by atoms with Crippen molar-refractivity contribution in [1.82, 2.24) is 10.2 Å². The molecule has 5 heteroatoms. The normalized spacial score (nSPS) is 24.1. The first-order chi connectivity index (χ1) is 8.49. The van der Waals surface area contributed by atoms with Crippen LogP contribution >= 0.6 is 23.2 Å². The maximum Gasteiger partial charge on any atom is 0.255 e. The molecule has 0 bridgehead atoms. The highest BCUT2D eigenvalue weighted by Gasteiger charge is 2.28. The van der Waals surface area contributed by atoms with Gasteiger partial charge >= 0.3 is 0 Å². The van der Waals surface area contributed by atoms with E-state index in [0.717, 1.165) is 6.54 Å². The molecule has 0 radical (unpaired) electrons. The maximum absolute atomic E-state index is 12.5. The highest BCUT2D eigenvalue weighted by atomic mass is 35.5. The van der Waals surface area contributed by atoms with E-state index < -0.39 is 0 Å². The molecule has 2 atom stereocenters. The van der Waals surface area contributed by atoms with Crippen molar-refractivity contribution >= 4 is 29.1 Å². The zero-order valence-electron chi connectivity index (χ0n) is 10.4. The van der Waals surface area contributed by atoms with Gasteiger partial charge in [-0.3, -0.25) is 4.79 Å². The van der Waals surface area contributed by atoms with E-state index in [4.69, 9.17) is 23.2 Å². The van der Waals surface area contributed by atoms with Gasteiger partial charge in [-0.15, -0.1) is 0 Å². The molecule has 1 aliphatic heterocycles. The van der Waals surface area contributed by atoms with E-state index in [2.05, 4.69) is 12.2 Å². The quantitative estimate of drug-likeness (QED) is 0.861. The van der Waals surface area contributed by atoms with Crippen LogP contribution in [0.4, 0.5) is 0 Å². The number of carbonyl (C=O) groups excluding carboxylic acids is 1. The van der Waals surface area contributed by atoms with Gasteiger partial charge in [-0.2, -0.15) is 0 Å². The number of nitrogens with zero attached hydrogens (tertiary/aromatic N) is 1. The van der Waals surface area contributed by atoms with Gasteiger partial charge in [0.25, 0.3) is 5.91 Å². The van der Waals surface area contributed by atoms with E-state index in [9.17, 15) is 4.79 Å². The second-order valence-corrected chi connectivity index (χ2v) is 5.58. The van der Waals surface area contributed by atoms with Crippen molar-refractivity contribution in [2.45, 2.75) is 25.9 Å². The van der Waals surface area contributed by atoms with E-state index in [1.165, 1.54) is 0 Å². The fourth-order valence-electron chi connectivity index (χ4n) is 2.12. The molecular formula is C13H16Cl2N2O. The van der Waals surface area contributed by atoms with Crippen LogP contribution in [-0.2, 0) is 0 Å². The molecule has 1 aromatic carbocycles. The zero-order valence-corrected chi connectivity index (χ0v) is 11.9. The fraction of sp³-hybridized carbons (Fsp3) is 0.462. The van der Waals surface area contributed by atoms with Crippen molar-refractivity contribution in [2.75, 3.05) is 13.1 Å². The summed E-state index contributed by atoms with van der Waals surface area (Å²) in [6.07, 6.45) is 0. The maximum atomic E-state index is 12.5. The van der Waals surface area contributed by atoms with Crippen molar-refractivity contribution in [3.63, 3.8) is 0 Å². The molecule has 0 aromatic heterocycles. The van der Waals surface area contributed by atoms with Gasteiger partial charge in [0.15, 0.2) is 0 Å². The van der Waals surface area contributed by atoms with Crippen LogP contribution in [0.25, 0.3) is 0 Å². The molecule has 0 aliphatic carbocycles. The second-order valence-electron chi connectivity index (χ2n) is 4.74. The Morgan fingerprint density at radius 3 is 2.78 bits per heavy atom. The van der Waals surface area contributed by atoms with E-state index in [1.54, 1.807) is 18.2 Å². The number of amides is 1. The molecule has 1 heterocycles. The number of hydrogen-bond donors (Lipinski definition) is 1. The van der Waals surface area contributed by atoms with Crippen LogP contribution in [0.2, 0.25) is 10.0 Å². The van der Waals surface area contributed by atoms with Crippen LogP contribution < -0.4 is 5.32 Å². The lowest BCUT2D eigenvalue weighted by Gasteiger charge is -2.37. The minimum Gasteiger partial charge on any atom is -0.333 e. The van der Waals surface area contributed by atoms with E-state index in [0.29, 0.717) is 28.2 Å².